The molecule has 2 rings (SSSR count). The van der Waals surface area contributed by atoms with Gasteiger partial charge in [0.05, 0.1) is 4.90 Å². The summed E-state index contributed by atoms with van der Waals surface area (Å²) in [4.78, 5) is 1.94. The second kappa shape index (κ2) is 6.78. The number of hydrogen-bond acceptors (Lipinski definition) is 6. The van der Waals surface area contributed by atoms with Gasteiger partial charge in [-0.15, -0.1) is 4.83 Å². The highest BCUT2D eigenvalue weighted by atomic mass is 32.2. The van der Waals surface area contributed by atoms with Gasteiger partial charge in [-0.2, -0.15) is 0 Å². The van der Waals surface area contributed by atoms with Gasteiger partial charge in [0.1, 0.15) is 10.6 Å². The SMILES string of the molecule is CN(C)NS(=O)(=O)c1cccc2c(O)c(S(=O)(=O)NC(C)(C)C)ccc12. The van der Waals surface area contributed by atoms with Crippen molar-refractivity contribution in [1.82, 2.24) is 14.6 Å². The Labute approximate surface area is 153 Å². The van der Waals surface area contributed by atoms with Gasteiger partial charge >= 0.3 is 0 Å². The molecule has 0 saturated heterocycles. The van der Waals surface area contributed by atoms with Crippen LogP contribution in [-0.4, -0.2) is 46.6 Å². The van der Waals surface area contributed by atoms with Crippen LogP contribution in [0, 0.1) is 0 Å². The molecule has 0 spiro atoms. The summed E-state index contributed by atoms with van der Waals surface area (Å²) in [6, 6.07) is 6.86. The molecule has 0 bridgehead atoms. The first kappa shape index (κ1) is 20.6. The fraction of sp³-hybridized carbons (Fsp3) is 0.375. The van der Waals surface area contributed by atoms with Gasteiger partial charge in [-0.3, -0.25) is 0 Å². The summed E-state index contributed by atoms with van der Waals surface area (Å²) in [5.41, 5.74) is -0.735. The number of nitrogens with one attached hydrogen (secondary N) is 2. The normalized spacial score (nSPS) is 13.5. The largest absolute Gasteiger partial charge is 0.506 e. The number of fused-ring (bicyclic) bond motifs is 1. The van der Waals surface area contributed by atoms with Crippen molar-refractivity contribution in [1.29, 1.82) is 0 Å². The first-order valence-electron chi connectivity index (χ1n) is 7.73. The summed E-state index contributed by atoms with van der Waals surface area (Å²) < 4.78 is 52.5. The third kappa shape index (κ3) is 4.33. The van der Waals surface area contributed by atoms with Crippen molar-refractivity contribution in [3.8, 4) is 5.75 Å². The molecule has 0 amide bonds. The Morgan fingerprint density at radius 3 is 2.04 bits per heavy atom. The summed E-state index contributed by atoms with van der Waals surface area (Å²) in [6.45, 7) is 5.04. The van der Waals surface area contributed by atoms with E-state index in [1.165, 1.54) is 49.4 Å². The van der Waals surface area contributed by atoms with Gasteiger partial charge in [-0.05, 0) is 32.9 Å². The van der Waals surface area contributed by atoms with E-state index in [9.17, 15) is 21.9 Å². The van der Waals surface area contributed by atoms with Crippen LogP contribution in [0.1, 0.15) is 20.8 Å². The first-order valence-corrected chi connectivity index (χ1v) is 10.7. The Hall–Kier alpha value is -1.72. The van der Waals surface area contributed by atoms with Gasteiger partial charge in [0.15, 0.2) is 0 Å². The second-order valence-electron chi connectivity index (χ2n) is 7.11. The van der Waals surface area contributed by atoms with E-state index in [2.05, 4.69) is 9.55 Å². The molecular weight excluding hydrogens is 378 g/mol. The Bertz CT molecular complexity index is 1040. The molecule has 0 aliphatic rings. The maximum absolute atomic E-state index is 12.5. The number of nitrogens with zero attached hydrogens (tertiary/aromatic N) is 1. The minimum atomic E-state index is -3.98. The van der Waals surface area contributed by atoms with E-state index in [-0.39, 0.29) is 20.6 Å². The van der Waals surface area contributed by atoms with Crippen LogP contribution in [0.5, 0.6) is 5.75 Å². The van der Waals surface area contributed by atoms with E-state index in [0.717, 1.165) is 0 Å². The molecule has 0 aliphatic carbocycles. The van der Waals surface area contributed by atoms with E-state index < -0.39 is 31.3 Å². The molecule has 0 atom stereocenters. The fourth-order valence-electron chi connectivity index (χ4n) is 2.49. The smallest absolute Gasteiger partial charge is 0.254 e. The summed E-state index contributed by atoms with van der Waals surface area (Å²) >= 11 is 0. The highest BCUT2D eigenvalue weighted by Crippen LogP contribution is 2.35. The van der Waals surface area contributed by atoms with E-state index in [0.29, 0.717) is 0 Å². The molecule has 10 heteroatoms. The maximum atomic E-state index is 12.5. The fourth-order valence-corrected chi connectivity index (χ4v) is 5.32. The lowest BCUT2D eigenvalue weighted by molar-refractivity contribution is 0.364. The Morgan fingerprint density at radius 2 is 1.50 bits per heavy atom. The topological polar surface area (TPSA) is 116 Å². The molecule has 8 nitrogen and oxygen atoms in total. The monoisotopic (exact) mass is 401 g/mol. The second-order valence-corrected chi connectivity index (χ2v) is 10.4. The minimum Gasteiger partial charge on any atom is -0.506 e. The quantitative estimate of drug-likeness (QED) is 0.652. The van der Waals surface area contributed by atoms with Crippen molar-refractivity contribution in [3.05, 3.63) is 30.3 Å². The van der Waals surface area contributed by atoms with Crippen LogP contribution in [0.15, 0.2) is 40.1 Å². The van der Waals surface area contributed by atoms with Crippen LogP contribution in [0.4, 0.5) is 0 Å². The van der Waals surface area contributed by atoms with E-state index in [1.54, 1.807) is 20.8 Å². The molecule has 0 saturated carbocycles. The highest BCUT2D eigenvalue weighted by molar-refractivity contribution is 7.90. The molecule has 0 aromatic heterocycles. The number of phenolic OH excluding ortho intramolecular Hbond substituents is 1. The molecule has 144 valence electrons. The van der Waals surface area contributed by atoms with Gasteiger partial charge in [0, 0.05) is 30.4 Å². The molecule has 0 radical (unpaired) electrons. The summed E-state index contributed by atoms with van der Waals surface area (Å²) in [7, 11) is -4.80. The zero-order chi connectivity index (χ0) is 19.9. The lowest BCUT2D eigenvalue weighted by atomic mass is 10.1. The summed E-state index contributed by atoms with van der Waals surface area (Å²) in [5, 5.41) is 12.1. The van der Waals surface area contributed by atoms with E-state index in [1.807, 2.05) is 0 Å². The average Bonchev–Trinajstić information content (AvgIpc) is 2.42. The third-order valence-electron chi connectivity index (χ3n) is 3.28. The van der Waals surface area contributed by atoms with Crippen molar-refractivity contribution < 1.29 is 21.9 Å². The number of benzene rings is 2. The number of phenols is 1. The molecule has 0 heterocycles. The number of aromatic hydroxyl groups is 1. The van der Waals surface area contributed by atoms with E-state index >= 15 is 0 Å². The Kier molecular flexibility index (Phi) is 5.37. The number of hydrazine groups is 1. The molecule has 2 aromatic rings. The number of sulfonamides is 2. The van der Waals surface area contributed by atoms with Crippen molar-refractivity contribution >= 4 is 30.8 Å². The third-order valence-corrected chi connectivity index (χ3v) is 6.61. The van der Waals surface area contributed by atoms with Gasteiger partial charge in [0.25, 0.3) is 10.0 Å². The molecule has 0 aliphatic heterocycles. The van der Waals surface area contributed by atoms with Crippen LogP contribution in [-0.2, 0) is 20.0 Å². The Balaban J connectivity index is 2.69. The van der Waals surface area contributed by atoms with Crippen LogP contribution in [0.2, 0.25) is 0 Å². The predicted octanol–water partition coefficient (Wildman–Crippen LogP) is 1.38. The maximum Gasteiger partial charge on any atom is 0.254 e. The first-order chi connectivity index (χ1) is 11.7. The summed E-state index contributed by atoms with van der Waals surface area (Å²) in [6.07, 6.45) is 0. The van der Waals surface area contributed by atoms with Crippen LogP contribution in [0.3, 0.4) is 0 Å². The highest BCUT2D eigenvalue weighted by Gasteiger charge is 2.27. The molecule has 26 heavy (non-hydrogen) atoms. The lowest BCUT2D eigenvalue weighted by Gasteiger charge is -2.21. The van der Waals surface area contributed by atoms with Gasteiger partial charge < -0.3 is 5.11 Å². The van der Waals surface area contributed by atoms with Gasteiger partial charge in [-0.25, -0.2) is 26.6 Å². The number of rotatable bonds is 5. The standard InChI is InChI=1S/C16H23N3O5S2/c1-16(2,3)17-25(21,22)14-10-9-11-12(15(14)20)7-6-8-13(11)26(23,24)18-19(4)5/h6-10,17-18,20H,1-5H3. The zero-order valence-electron chi connectivity index (χ0n) is 15.2. The van der Waals surface area contributed by atoms with Gasteiger partial charge in [-0.1, -0.05) is 18.2 Å². The average molecular weight is 402 g/mol. The van der Waals surface area contributed by atoms with Crippen molar-refractivity contribution in [2.45, 2.75) is 36.1 Å². The predicted molar refractivity (Wildman–Crippen MR) is 99.7 cm³/mol. The van der Waals surface area contributed by atoms with E-state index in [4.69, 9.17) is 0 Å². The van der Waals surface area contributed by atoms with Crippen LogP contribution >= 0.6 is 0 Å². The Morgan fingerprint density at radius 1 is 0.885 bits per heavy atom. The van der Waals surface area contributed by atoms with Crippen LogP contribution < -0.4 is 9.55 Å². The van der Waals surface area contributed by atoms with Gasteiger partial charge in [0.2, 0.25) is 10.0 Å². The van der Waals surface area contributed by atoms with Crippen LogP contribution in [0.25, 0.3) is 10.8 Å². The molecule has 2 aromatic carbocycles. The molecule has 0 unspecified atom stereocenters. The molecule has 0 fully saturated rings. The lowest BCUT2D eigenvalue weighted by Crippen LogP contribution is -2.40. The molecule has 3 N–H and O–H groups in total. The van der Waals surface area contributed by atoms with Crippen molar-refractivity contribution in [2.24, 2.45) is 0 Å². The zero-order valence-corrected chi connectivity index (χ0v) is 16.9. The number of hydrogen-bond donors (Lipinski definition) is 3. The summed E-state index contributed by atoms with van der Waals surface area (Å²) in [5.74, 6) is -0.499. The molecular formula is C16H23N3O5S2. The van der Waals surface area contributed by atoms with Crippen molar-refractivity contribution in [3.63, 3.8) is 0 Å². The van der Waals surface area contributed by atoms with Crippen molar-refractivity contribution in [2.75, 3.05) is 14.1 Å². The minimum absolute atomic E-state index is 0.0632.